The van der Waals surface area contributed by atoms with E-state index in [1.807, 2.05) is 54.6 Å². The van der Waals surface area contributed by atoms with Crippen LogP contribution < -0.4 is 0 Å². The van der Waals surface area contributed by atoms with E-state index >= 15 is 0 Å². The molecular weight excluding hydrogens is 349 g/mol. The van der Waals surface area contributed by atoms with Crippen LogP contribution in [-0.4, -0.2) is 9.97 Å². The van der Waals surface area contributed by atoms with Crippen LogP contribution in [0.1, 0.15) is 11.3 Å². The quantitative estimate of drug-likeness (QED) is 0.418. The average Bonchev–Trinajstić information content (AvgIpc) is 2.67. The molecule has 1 heterocycles. The summed E-state index contributed by atoms with van der Waals surface area (Å²) in [5.41, 5.74) is 3.20. The van der Waals surface area contributed by atoms with Crippen LogP contribution >= 0.6 is 0 Å². The maximum atomic E-state index is 13.3. The number of aromatic nitrogens is 2. The maximum Gasteiger partial charge on any atom is 0.418 e. The van der Waals surface area contributed by atoms with Crippen LogP contribution in [0.15, 0.2) is 72.8 Å². The van der Waals surface area contributed by atoms with E-state index in [-0.39, 0.29) is 11.0 Å². The summed E-state index contributed by atoms with van der Waals surface area (Å²) in [5, 5.41) is 0. The Labute approximate surface area is 154 Å². The fraction of sp³-hybridized carbons (Fsp3) is 0.0909. The van der Waals surface area contributed by atoms with E-state index in [2.05, 4.69) is 9.97 Å². The first-order valence-corrected chi connectivity index (χ1v) is 8.44. The molecule has 0 spiro atoms. The van der Waals surface area contributed by atoms with Crippen LogP contribution in [0, 0.1) is 6.92 Å². The number of nitrogens with zero attached hydrogens (tertiary/aromatic N) is 2. The van der Waals surface area contributed by atoms with Gasteiger partial charge in [0.2, 0.25) is 0 Å². The molecule has 0 aliphatic carbocycles. The summed E-state index contributed by atoms with van der Waals surface area (Å²) in [6.45, 7) is 1.69. The van der Waals surface area contributed by atoms with Crippen LogP contribution in [0.4, 0.5) is 13.2 Å². The molecule has 1 aromatic heterocycles. The molecule has 134 valence electrons. The predicted molar refractivity (Wildman–Crippen MR) is 100 cm³/mol. The Morgan fingerprint density at radius 1 is 0.704 bits per heavy atom. The number of halogens is 3. The summed E-state index contributed by atoms with van der Waals surface area (Å²) in [6.07, 6.45) is -4.47. The molecule has 5 heteroatoms. The van der Waals surface area contributed by atoms with E-state index in [1.165, 1.54) is 6.07 Å². The van der Waals surface area contributed by atoms with Crippen molar-refractivity contribution >= 4 is 11.0 Å². The van der Waals surface area contributed by atoms with Crippen molar-refractivity contribution in [1.82, 2.24) is 9.97 Å². The van der Waals surface area contributed by atoms with Gasteiger partial charge in [0.25, 0.3) is 0 Å². The summed E-state index contributed by atoms with van der Waals surface area (Å²) in [6, 6.07) is 21.5. The molecule has 0 aliphatic heterocycles. The lowest BCUT2D eigenvalue weighted by molar-refractivity contribution is -0.136. The minimum Gasteiger partial charge on any atom is -0.249 e. The van der Waals surface area contributed by atoms with E-state index in [0.29, 0.717) is 11.4 Å². The molecule has 0 atom stereocenters. The van der Waals surface area contributed by atoms with E-state index in [4.69, 9.17) is 0 Å². The van der Waals surface area contributed by atoms with Crippen LogP contribution in [0.5, 0.6) is 0 Å². The van der Waals surface area contributed by atoms with Crippen LogP contribution in [0.25, 0.3) is 33.4 Å². The smallest absolute Gasteiger partial charge is 0.249 e. The second-order valence-electron chi connectivity index (χ2n) is 6.24. The third-order valence-electron chi connectivity index (χ3n) is 4.44. The highest BCUT2D eigenvalue weighted by Crippen LogP contribution is 2.36. The van der Waals surface area contributed by atoms with Crippen LogP contribution in [0.3, 0.4) is 0 Å². The lowest BCUT2D eigenvalue weighted by Gasteiger charge is -2.14. The SMILES string of the molecule is Cc1nc2c(C(F)(F)F)cccc2nc1-c1ccccc1-c1ccccc1. The van der Waals surface area contributed by atoms with Crippen molar-refractivity contribution in [2.24, 2.45) is 0 Å². The summed E-state index contributed by atoms with van der Waals surface area (Å²) < 4.78 is 39.9. The van der Waals surface area contributed by atoms with Gasteiger partial charge < -0.3 is 0 Å². The van der Waals surface area contributed by atoms with Gasteiger partial charge in [0.05, 0.1) is 22.5 Å². The van der Waals surface area contributed by atoms with Gasteiger partial charge in [0.15, 0.2) is 0 Å². The zero-order valence-electron chi connectivity index (χ0n) is 14.5. The highest BCUT2D eigenvalue weighted by atomic mass is 19.4. The van der Waals surface area contributed by atoms with Gasteiger partial charge in [-0.2, -0.15) is 13.2 Å². The molecule has 4 aromatic rings. The Hall–Kier alpha value is -3.21. The van der Waals surface area contributed by atoms with Gasteiger partial charge in [-0.15, -0.1) is 0 Å². The molecule has 3 aromatic carbocycles. The summed E-state index contributed by atoms with van der Waals surface area (Å²) in [5.74, 6) is 0. The standard InChI is InChI=1S/C22H15F3N2/c1-14-20(17-11-6-5-10-16(17)15-8-3-2-4-9-15)27-19-13-7-12-18(21(19)26-14)22(23,24)25/h2-13H,1H3. The van der Waals surface area contributed by atoms with Gasteiger partial charge in [-0.1, -0.05) is 60.7 Å². The fourth-order valence-electron chi connectivity index (χ4n) is 3.20. The molecular formula is C22H15F3N2. The molecule has 0 saturated heterocycles. The zero-order chi connectivity index (χ0) is 19.0. The molecule has 0 amide bonds. The highest BCUT2D eigenvalue weighted by Gasteiger charge is 2.33. The Bertz CT molecular complexity index is 1120. The van der Waals surface area contributed by atoms with Gasteiger partial charge in [-0.3, -0.25) is 0 Å². The third-order valence-corrected chi connectivity index (χ3v) is 4.44. The molecule has 0 bridgehead atoms. The first-order chi connectivity index (χ1) is 12.9. The van der Waals surface area contributed by atoms with E-state index < -0.39 is 11.7 Å². The number of fused-ring (bicyclic) bond motifs is 1. The number of aryl methyl sites for hydroxylation is 1. The molecule has 0 radical (unpaired) electrons. The molecule has 0 aliphatic rings. The second kappa shape index (κ2) is 6.50. The first kappa shape index (κ1) is 17.2. The molecule has 4 rings (SSSR count). The highest BCUT2D eigenvalue weighted by molar-refractivity contribution is 5.87. The lowest BCUT2D eigenvalue weighted by atomic mass is 9.96. The Kier molecular flexibility index (Phi) is 4.15. The minimum atomic E-state index is -4.47. The van der Waals surface area contributed by atoms with Crippen molar-refractivity contribution in [3.63, 3.8) is 0 Å². The number of para-hydroxylation sites is 1. The van der Waals surface area contributed by atoms with Crippen LogP contribution in [0.2, 0.25) is 0 Å². The molecule has 0 saturated carbocycles. The summed E-state index contributed by atoms with van der Waals surface area (Å²) in [7, 11) is 0. The maximum absolute atomic E-state index is 13.3. The molecule has 0 fully saturated rings. The third kappa shape index (κ3) is 3.16. The second-order valence-corrected chi connectivity index (χ2v) is 6.24. The molecule has 27 heavy (non-hydrogen) atoms. The van der Waals surface area contributed by atoms with Gasteiger partial charge in [-0.25, -0.2) is 9.97 Å². The summed E-state index contributed by atoms with van der Waals surface area (Å²) >= 11 is 0. The normalized spacial score (nSPS) is 11.7. The largest absolute Gasteiger partial charge is 0.418 e. The molecule has 0 N–H and O–H groups in total. The van der Waals surface area contributed by atoms with Crippen molar-refractivity contribution in [2.75, 3.05) is 0 Å². The number of rotatable bonds is 2. The van der Waals surface area contributed by atoms with Crippen molar-refractivity contribution in [3.05, 3.63) is 84.1 Å². The topological polar surface area (TPSA) is 25.8 Å². The lowest BCUT2D eigenvalue weighted by Crippen LogP contribution is -2.08. The minimum absolute atomic E-state index is 0.122. The number of alkyl halides is 3. The Balaban J connectivity index is 1.96. The Morgan fingerprint density at radius 2 is 1.37 bits per heavy atom. The van der Waals surface area contributed by atoms with Gasteiger partial charge in [0.1, 0.15) is 5.52 Å². The van der Waals surface area contributed by atoms with E-state index in [1.54, 1.807) is 13.0 Å². The summed E-state index contributed by atoms with van der Waals surface area (Å²) in [4.78, 5) is 8.81. The van der Waals surface area contributed by atoms with Crippen molar-refractivity contribution in [1.29, 1.82) is 0 Å². The molecule has 0 unspecified atom stereocenters. The number of hydrogen-bond acceptors (Lipinski definition) is 2. The van der Waals surface area contributed by atoms with Crippen molar-refractivity contribution < 1.29 is 13.2 Å². The first-order valence-electron chi connectivity index (χ1n) is 8.44. The van der Waals surface area contributed by atoms with E-state index in [9.17, 15) is 13.2 Å². The molecule has 2 nitrogen and oxygen atoms in total. The van der Waals surface area contributed by atoms with Crippen molar-refractivity contribution in [2.45, 2.75) is 13.1 Å². The number of hydrogen-bond donors (Lipinski definition) is 0. The van der Waals surface area contributed by atoms with Gasteiger partial charge in [0, 0.05) is 5.56 Å². The fourth-order valence-corrected chi connectivity index (χ4v) is 3.20. The van der Waals surface area contributed by atoms with Crippen molar-refractivity contribution in [3.8, 4) is 22.4 Å². The average molecular weight is 364 g/mol. The van der Waals surface area contributed by atoms with Gasteiger partial charge in [-0.05, 0) is 30.2 Å². The van der Waals surface area contributed by atoms with Crippen LogP contribution in [-0.2, 0) is 6.18 Å². The van der Waals surface area contributed by atoms with Gasteiger partial charge >= 0.3 is 6.18 Å². The van der Waals surface area contributed by atoms with E-state index in [0.717, 1.165) is 22.8 Å². The Morgan fingerprint density at radius 3 is 2.07 bits per heavy atom. The monoisotopic (exact) mass is 364 g/mol. The number of benzene rings is 3. The predicted octanol–water partition coefficient (Wildman–Crippen LogP) is 6.29. The zero-order valence-corrected chi connectivity index (χ0v) is 14.5.